The molecule has 0 saturated carbocycles. The first-order chi connectivity index (χ1) is 8.89. The molecular weight excluding hydrogens is 259 g/mol. The molecule has 0 aromatic carbocycles. The van der Waals surface area contributed by atoms with Crippen LogP contribution in [0.25, 0.3) is 0 Å². The van der Waals surface area contributed by atoms with Gasteiger partial charge in [0.1, 0.15) is 0 Å². The van der Waals surface area contributed by atoms with Crippen LogP contribution in [0.4, 0.5) is 18.0 Å². The third-order valence-corrected chi connectivity index (χ3v) is 4.43. The van der Waals surface area contributed by atoms with Gasteiger partial charge < -0.3 is 15.5 Å². The molecule has 4 nitrogen and oxygen atoms in total. The maximum absolute atomic E-state index is 13.2. The summed E-state index contributed by atoms with van der Waals surface area (Å²) in [4.78, 5) is 13.2. The minimum atomic E-state index is -4.17. The smallest absolute Gasteiger partial charge is 0.341 e. The second kappa shape index (κ2) is 5.19. The first-order valence-corrected chi connectivity index (χ1v) is 6.63. The molecule has 0 unspecified atom stereocenters. The number of nitrogens with zero attached hydrogens (tertiary/aromatic N) is 1. The van der Waals surface area contributed by atoms with Gasteiger partial charge in [0.25, 0.3) is 0 Å². The molecule has 0 aliphatic carbocycles. The molecular formula is C12H20F3N3O. The summed E-state index contributed by atoms with van der Waals surface area (Å²) in [5.41, 5.74) is -0.811. The van der Waals surface area contributed by atoms with Crippen LogP contribution in [0.3, 0.4) is 0 Å². The van der Waals surface area contributed by atoms with E-state index < -0.39 is 17.5 Å². The van der Waals surface area contributed by atoms with E-state index >= 15 is 0 Å². The van der Waals surface area contributed by atoms with Gasteiger partial charge in [0.05, 0.1) is 5.92 Å². The number of likely N-dealkylation sites (tertiary alicyclic amines) is 1. The normalized spacial score (nSPS) is 27.4. The van der Waals surface area contributed by atoms with E-state index in [0.717, 1.165) is 0 Å². The number of piperidine rings is 2. The first-order valence-electron chi connectivity index (χ1n) is 6.63. The molecule has 2 heterocycles. The molecule has 19 heavy (non-hydrogen) atoms. The van der Waals surface area contributed by atoms with Crippen molar-refractivity contribution in [1.29, 1.82) is 0 Å². The van der Waals surface area contributed by atoms with Crippen molar-refractivity contribution in [3.63, 3.8) is 0 Å². The van der Waals surface area contributed by atoms with Gasteiger partial charge in [-0.25, -0.2) is 4.79 Å². The molecule has 2 aliphatic heterocycles. The highest BCUT2D eigenvalue weighted by Crippen LogP contribution is 2.50. The summed E-state index contributed by atoms with van der Waals surface area (Å²) in [6.07, 6.45) is -3.21. The largest absolute Gasteiger partial charge is 0.392 e. The van der Waals surface area contributed by atoms with Crippen LogP contribution in [0.2, 0.25) is 0 Å². The van der Waals surface area contributed by atoms with Crippen molar-refractivity contribution in [2.75, 3.05) is 33.2 Å². The number of urea groups is 1. The van der Waals surface area contributed by atoms with Crippen molar-refractivity contribution in [3.8, 4) is 0 Å². The lowest BCUT2D eigenvalue weighted by Crippen LogP contribution is -2.59. The van der Waals surface area contributed by atoms with E-state index in [1.807, 2.05) is 0 Å². The average Bonchev–Trinajstić information content (AvgIpc) is 2.37. The predicted octanol–water partition coefficient (Wildman–Crippen LogP) is 1.58. The zero-order chi connectivity index (χ0) is 14.1. The summed E-state index contributed by atoms with van der Waals surface area (Å²) in [5, 5.41) is 5.60. The topological polar surface area (TPSA) is 44.4 Å². The number of hydrogen-bond donors (Lipinski definition) is 2. The lowest BCUT2D eigenvalue weighted by molar-refractivity contribution is -0.225. The third kappa shape index (κ3) is 2.80. The molecule has 110 valence electrons. The SMILES string of the molecule is CNC(=O)N1CC[C@H](C(F)(F)F)C2(CCNCC2)C1. The fraction of sp³-hybridized carbons (Fsp3) is 0.917. The lowest BCUT2D eigenvalue weighted by Gasteiger charge is -2.50. The Morgan fingerprint density at radius 2 is 2.00 bits per heavy atom. The first kappa shape index (κ1) is 14.4. The van der Waals surface area contributed by atoms with E-state index in [0.29, 0.717) is 25.9 Å². The highest BCUT2D eigenvalue weighted by atomic mass is 19.4. The molecule has 2 N–H and O–H groups in total. The zero-order valence-corrected chi connectivity index (χ0v) is 11.0. The van der Waals surface area contributed by atoms with Gasteiger partial charge in [0.15, 0.2) is 0 Å². The maximum atomic E-state index is 13.2. The van der Waals surface area contributed by atoms with Gasteiger partial charge in [-0.05, 0) is 32.4 Å². The second-order valence-electron chi connectivity index (χ2n) is 5.47. The van der Waals surface area contributed by atoms with Gasteiger partial charge in [-0.3, -0.25) is 0 Å². The van der Waals surface area contributed by atoms with Crippen molar-refractivity contribution in [2.45, 2.75) is 25.4 Å². The van der Waals surface area contributed by atoms with E-state index in [1.54, 1.807) is 0 Å². The summed E-state index contributed by atoms with van der Waals surface area (Å²) in [6, 6.07) is -0.279. The fourth-order valence-electron chi connectivity index (χ4n) is 3.43. The van der Waals surface area contributed by atoms with Crippen LogP contribution in [0.5, 0.6) is 0 Å². The number of halogens is 3. The van der Waals surface area contributed by atoms with Crippen LogP contribution >= 0.6 is 0 Å². The standard InChI is InChI=1S/C12H20F3N3O/c1-16-10(19)18-7-2-9(12(13,14)15)11(8-18)3-5-17-6-4-11/h9,17H,2-8H2,1H3,(H,16,19)/t9-/m0/s1. The van der Waals surface area contributed by atoms with Crippen molar-refractivity contribution in [2.24, 2.45) is 11.3 Å². The summed E-state index contributed by atoms with van der Waals surface area (Å²) in [7, 11) is 1.51. The Hall–Kier alpha value is -0.980. The molecule has 2 amide bonds. The van der Waals surface area contributed by atoms with Gasteiger partial charge >= 0.3 is 12.2 Å². The Kier molecular flexibility index (Phi) is 3.94. The summed E-state index contributed by atoms with van der Waals surface area (Å²) < 4.78 is 39.7. The monoisotopic (exact) mass is 279 g/mol. The molecule has 1 atom stereocenters. The van der Waals surface area contributed by atoms with Crippen LogP contribution in [0.1, 0.15) is 19.3 Å². The Labute approximate surface area is 110 Å². The maximum Gasteiger partial charge on any atom is 0.392 e. The highest BCUT2D eigenvalue weighted by Gasteiger charge is 2.56. The van der Waals surface area contributed by atoms with Gasteiger partial charge in [0, 0.05) is 25.6 Å². The van der Waals surface area contributed by atoms with E-state index in [2.05, 4.69) is 10.6 Å². The molecule has 2 saturated heterocycles. The third-order valence-electron chi connectivity index (χ3n) is 4.43. The Balaban J connectivity index is 2.21. The van der Waals surface area contributed by atoms with E-state index in [9.17, 15) is 18.0 Å². The van der Waals surface area contributed by atoms with E-state index in [-0.39, 0.29) is 25.5 Å². The second-order valence-corrected chi connectivity index (χ2v) is 5.47. The number of carbonyl (C=O) groups excluding carboxylic acids is 1. The number of hydrogen-bond acceptors (Lipinski definition) is 2. The minimum Gasteiger partial charge on any atom is -0.341 e. The molecule has 7 heteroatoms. The van der Waals surface area contributed by atoms with Crippen LogP contribution in [0.15, 0.2) is 0 Å². The molecule has 2 aliphatic rings. The molecule has 1 spiro atoms. The quantitative estimate of drug-likeness (QED) is 0.707. The number of rotatable bonds is 0. The van der Waals surface area contributed by atoms with Crippen LogP contribution in [-0.2, 0) is 0 Å². The highest BCUT2D eigenvalue weighted by molar-refractivity contribution is 5.74. The molecule has 0 radical (unpaired) electrons. The predicted molar refractivity (Wildman–Crippen MR) is 64.7 cm³/mol. The van der Waals surface area contributed by atoms with Crippen LogP contribution < -0.4 is 10.6 Å². The lowest BCUT2D eigenvalue weighted by atomic mass is 9.65. The molecule has 2 rings (SSSR count). The van der Waals surface area contributed by atoms with Crippen LogP contribution in [0, 0.1) is 11.3 Å². The summed E-state index contributed by atoms with van der Waals surface area (Å²) in [5.74, 6) is -1.29. The zero-order valence-electron chi connectivity index (χ0n) is 11.0. The molecule has 0 bridgehead atoms. The van der Waals surface area contributed by atoms with Crippen molar-refractivity contribution < 1.29 is 18.0 Å². The van der Waals surface area contributed by atoms with Gasteiger partial charge in [-0.1, -0.05) is 0 Å². The fourth-order valence-corrected chi connectivity index (χ4v) is 3.43. The number of carbonyl (C=O) groups is 1. The van der Waals surface area contributed by atoms with E-state index in [1.165, 1.54) is 11.9 Å². The number of amides is 2. The Morgan fingerprint density at radius 3 is 2.53 bits per heavy atom. The number of alkyl halides is 3. The summed E-state index contributed by atoms with van der Waals surface area (Å²) >= 11 is 0. The van der Waals surface area contributed by atoms with Crippen molar-refractivity contribution >= 4 is 6.03 Å². The minimum absolute atomic E-state index is 0.0108. The molecule has 0 aromatic heterocycles. The Bertz CT molecular complexity index is 340. The van der Waals surface area contributed by atoms with Crippen molar-refractivity contribution in [3.05, 3.63) is 0 Å². The van der Waals surface area contributed by atoms with E-state index in [4.69, 9.17) is 0 Å². The number of nitrogens with one attached hydrogen (secondary N) is 2. The van der Waals surface area contributed by atoms with Crippen molar-refractivity contribution in [1.82, 2.24) is 15.5 Å². The summed E-state index contributed by atoms with van der Waals surface area (Å²) in [6.45, 7) is 1.57. The Morgan fingerprint density at radius 1 is 1.37 bits per heavy atom. The van der Waals surface area contributed by atoms with Gasteiger partial charge in [0.2, 0.25) is 0 Å². The van der Waals surface area contributed by atoms with Gasteiger partial charge in [-0.15, -0.1) is 0 Å². The molecule has 2 fully saturated rings. The van der Waals surface area contributed by atoms with Gasteiger partial charge in [-0.2, -0.15) is 13.2 Å². The van der Waals surface area contributed by atoms with Crippen LogP contribution in [-0.4, -0.2) is 50.3 Å². The molecule has 0 aromatic rings. The average molecular weight is 279 g/mol.